The van der Waals surface area contributed by atoms with Crippen molar-refractivity contribution in [1.29, 1.82) is 0 Å². The van der Waals surface area contributed by atoms with Crippen molar-refractivity contribution in [2.24, 2.45) is 0 Å². The van der Waals surface area contributed by atoms with E-state index in [2.05, 4.69) is 27.4 Å². The lowest BCUT2D eigenvalue weighted by Crippen LogP contribution is -2.35. The highest BCUT2D eigenvalue weighted by Gasteiger charge is 2.24. The van der Waals surface area contributed by atoms with Gasteiger partial charge in [0.05, 0.1) is 0 Å². The first kappa shape index (κ1) is 9.72. The van der Waals surface area contributed by atoms with Crippen LogP contribution in [-0.4, -0.2) is 32.2 Å². The first-order chi connectivity index (χ1) is 7.84. The van der Waals surface area contributed by atoms with Crippen LogP contribution in [0.15, 0.2) is 18.5 Å². The molecule has 0 aromatic carbocycles. The molecule has 0 radical (unpaired) electrons. The van der Waals surface area contributed by atoms with E-state index >= 15 is 0 Å². The molecule has 3 heterocycles. The van der Waals surface area contributed by atoms with Crippen LogP contribution in [0, 0.1) is 0 Å². The largest absolute Gasteiger partial charge is 0.314 e. The summed E-state index contributed by atoms with van der Waals surface area (Å²) in [5, 5.41) is 11.8. The topological polar surface area (TPSA) is 55.1 Å². The van der Waals surface area contributed by atoms with Crippen molar-refractivity contribution in [2.75, 3.05) is 6.54 Å². The zero-order chi connectivity index (χ0) is 11.0. The third kappa shape index (κ3) is 1.57. The molecule has 84 valence electrons. The monoisotopic (exact) mass is 217 g/mol. The minimum atomic E-state index is 0.496. The molecule has 0 spiro atoms. The average molecular weight is 217 g/mol. The predicted molar refractivity (Wildman–Crippen MR) is 60.2 cm³/mol. The van der Waals surface area contributed by atoms with E-state index in [1.807, 2.05) is 16.7 Å². The Labute approximate surface area is 93.9 Å². The lowest BCUT2D eigenvalue weighted by molar-refractivity contribution is 0.369. The Morgan fingerprint density at radius 3 is 3.25 bits per heavy atom. The SMILES string of the molecule is CC1CC(c2nnc3ncccn23)CCN1. The lowest BCUT2D eigenvalue weighted by Gasteiger charge is -2.26. The molecule has 0 amide bonds. The van der Waals surface area contributed by atoms with Gasteiger partial charge in [0.15, 0.2) is 0 Å². The van der Waals surface area contributed by atoms with E-state index in [1.54, 1.807) is 6.20 Å². The van der Waals surface area contributed by atoms with Gasteiger partial charge in [-0.15, -0.1) is 10.2 Å². The fourth-order valence-electron chi connectivity index (χ4n) is 2.40. The molecule has 16 heavy (non-hydrogen) atoms. The van der Waals surface area contributed by atoms with Gasteiger partial charge in [-0.3, -0.25) is 4.40 Å². The zero-order valence-corrected chi connectivity index (χ0v) is 9.30. The highest BCUT2D eigenvalue weighted by molar-refractivity contribution is 5.27. The molecule has 1 aliphatic rings. The van der Waals surface area contributed by atoms with E-state index in [9.17, 15) is 0 Å². The maximum absolute atomic E-state index is 4.28. The number of rotatable bonds is 1. The van der Waals surface area contributed by atoms with Crippen molar-refractivity contribution in [1.82, 2.24) is 24.9 Å². The molecule has 2 aromatic rings. The zero-order valence-electron chi connectivity index (χ0n) is 9.30. The van der Waals surface area contributed by atoms with Crippen molar-refractivity contribution in [3.05, 3.63) is 24.3 Å². The summed E-state index contributed by atoms with van der Waals surface area (Å²) in [6.45, 7) is 3.27. The first-order valence-corrected chi connectivity index (χ1v) is 5.73. The van der Waals surface area contributed by atoms with Gasteiger partial charge in [0.1, 0.15) is 5.82 Å². The fraction of sp³-hybridized carbons (Fsp3) is 0.545. The number of nitrogens with zero attached hydrogens (tertiary/aromatic N) is 4. The second kappa shape index (κ2) is 3.83. The molecule has 1 saturated heterocycles. The van der Waals surface area contributed by atoms with Crippen LogP contribution >= 0.6 is 0 Å². The van der Waals surface area contributed by atoms with Crippen LogP contribution in [0.2, 0.25) is 0 Å². The smallest absolute Gasteiger partial charge is 0.254 e. The first-order valence-electron chi connectivity index (χ1n) is 5.73. The van der Waals surface area contributed by atoms with Gasteiger partial charge in [-0.1, -0.05) is 0 Å². The standard InChI is InChI=1S/C11H15N5/c1-8-7-9(3-5-12-8)10-14-15-11-13-4-2-6-16(10)11/h2,4,6,8-9,12H,3,5,7H2,1H3. The number of nitrogens with one attached hydrogen (secondary N) is 1. The van der Waals surface area contributed by atoms with Gasteiger partial charge in [-0.25, -0.2) is 4.98 Å². The Morgan fingerprint density at radius 1 is 1.44 bits per heavy atom. The van der Waals surface area contributed by atoms with Crippen molar-refractivity contribution in [2.45, 2.75) is 31.7 Å². The Balaban J connectivity index is 1.99. The summed E-state index contributed by atoms with van der Waals surface area (Å²) in [5.41, 5.74) is 0. The minimum absolute atomic E-state index is 0.496. The molecule has 3 rings (SSSR count). The van der Waals surface area contributed by atoms with Crippen LogP contribution in [0.4, 0.5) is 0 Å². The summed E-state index contributed by atoms with van der Waals surface area (Å²) in [5.74, 6) is 2.25. The van der Waals surface area contributed by atoms with Crippen LogP contribution in [0.5, 0.6) is 0 Å². The molecule has 2 atom stereocenters. The molecule has 0 aliphatic carbocycles. The normalized spacial score (nSPS) is 26.1. The van der Waals surface area contributed by atoms with Crippen LogP contribution in [-0.2, 0) is 0 Å². The van der Waals surface area contributed by atoms with Gasteiger partial charge in [-0.05, 0) is 32.4 Å². The van der Waals surface area contributed by atoms with Crippen LogP contribution in [0.1, 0.15) is 31.5 Å². The number of piperidine rings is 1. The number of hydrogen-bond acceptors (Lipinski definition) is 4. The summed E-state index contributed by atoms with van der Waals surface area (Å²) in [6.07, 6.45) is 5.99. The average Bonchev–Trinajstić information content (AvgIpc) is 2.72. The van der Waals surface area contributed by atoms with Gasteiger partial charge in [0, 0.05) is 24.4 Å². The molecule has 1 fully saturated rings. The molecular weight excluding hydrogens is 202 g/mol. The molecule has 0 bridgehead atoms. The van der Waals surface area contributed by atoms with E-state index in [0.29, 0.717) is 17.7 Å². The quantitative estimate of drug-likeness (QED) is 0.773. The highest BCUT2D eigenvalue weighted by Crippen LogP contribution is 2.26. The molecular formula is C11H15N5. The molecule has 5 nitrogen and oxygen atoms in total. The van der Waals surface area contributed by atoms with E-state index in [4.69, 9.17) is 0 Å². The van der Waals surface area contributed by atoms with Gasteiger partial charge in [-0.2, -0.15) is 0 Å². The molecule has 2 aromatic heterocycles. The second-order valence-corrected chi connectivity index (χ2v) is 4.42. The van der Waals surface area contributed by atoms with Crippen molar-refractivity contribution >= 4 is 5.78 Å². The van der Waals surface area contributed by atoms with Crippen LogP contribution in [0.25, 0.3) is 5.78 Å². The summed E-state index contributed by atoms with van der Waals surface area (Å²) >= 11 is 0. The van der Waals surface area contributed by atoms with E-state index in [-0.39, 0.29) is 0 Å². The summed E-state index contributed by atoms with van der Waals surface area (Å²) in [7, 11) is 0. The Bertz CT molecular complexity index is 492. The maximum atomic E-state index is 4.28. The molecule has 1 aliphatic heterocycles. The van der Waals surface area contributed by atoms with Crippen molar-refractivity contribution < 1.29 is 0 Å². The van der Waals surface area contributed by atoms with Crippen LogP contribution < -0.4 is 5.32 Å². The Kier molecular flexibility index (Phi) is 2.32. The lowest BCUT2D eigenvalue weighted by atomic mass is 9.92. The van der Waals surface area contributed by atoms with Crippen LogP contribution in [0.3, 0.4) is 0 Å². The highest BCUT2D eigenvalue weighted by atomic mass is 15.3. The molecule has 5 heteroatoms. The summed E-state index contributed by atoms with van der Waals surface area (Å²) in [6, 6.07) is 2.48. The van der Waals surface area contributed by atoms with Crippen molar-refractivity contribution in [3.63, 3.8) is 0 Å². The van der Waals surface area contributed by atoms with Gasteiger partial charge < -0.3 is 5.32 Å². The second-order valence-electron chi connectivity index (χ2n) is 4.42. The van der Waals surface area contributed by atoms with Gasteiger partial charge >= 0.3 is 0 Å². The van der Waals surface area contributed by atoms with Gasteiger partial charge in [0.25, 0.3) is 5.78 Å². The number of hydrogen-bond donors (Lipinski definition) is 1. The number of aromatic nitrogens is 4. The minimum Gasteiger partial charge on any atom is -0.314 e. The van der Waals surface area contributed by atoms with Crippen molar-refractivity contribution in [3.8, 4) is 0 Å². The van der Waals surface area contributed by atoms with E-state index in [0.717, 1.165) is 25.2 Å². The molecule has 1 N–H and O–H groups in total. The van der Waals surface area contributed by atoms with Gasteiger partial charge in [0.2, 0.25) is 0 Å². The van der Waals surface area contributed by atoms with E-state index in [1.165, 1.54) is 0 Å². The summed E-state index contributed by atoms with van der Waals surface area (Å²) < 4.78 is 2.00. The third-order valence-corrected chi connectivity index (χ3v) is 3.20. The maximum Gasteiger partial charge on any atom is 0.254 e. The fourth-order valence-corrected chi connectivity index (χ4v) is 2.40. The Morgan fingerprint density at radius 2 is 2.38 bits per heavy atom. The third-order valence-electron chi connectivity index (χ3n) is 3.20. The van der Waals surface area contributed by atoms with E-state index < -0.39 is 0 Å². The Hall–Kier alpha value is -1.49. The summed E-state index contributed by atoms with van der Waals surface area (Å²) in [4.78, 5) is 4.19. The predicted octanol–water partition coefficient (Wildman–Crippen LogP) is 0.980. The number of fused-ring (bicyclic) bond motifs is 1. The molecule has 2 unspecified atom stereocenters. The molecule has 0 saturated carbocycles.